The zero-order chi connectivity index (χ0) is 15.3. The molecule has 2 aliphatic heterocycles. The Morgan fingerprint density at radius 2 is 1.81 bits per heavy atom. The van der Waals surface area contributed by atoms with Crippen LogP contribution in [0.25, 0.3) is 0 Å². The zero-order valence-corrected chi connectivity index (χ0v) is 14.0. The van der Waals surface area contributed by atoms with E-state index < -0.39 is 5.54 Å². The van der Waals surface area contributed by atoms with Gasteiger partial charge in [-0.05, 0) is 45.7 Å². The van der Waals surface area contributed by atoms with Gasteiger partial charge in [-0.15, -0.1) is 0 Å². The fraction of sp³-hybridized carbons (Fsp3) is 0.938. The summed E-state index contributed by atoms with van der Waals surface area (Å²) in [6.07, 6.45) is 2.66. The molecule has 0 bridgehead atoms. The number of rotatable bonds is 6. The molecule has 2 saturated heterocycles. The molecule has 2 heterocycles. The van der Waals surface area contributed by atoms with Crippen molar-refractivity contribution in [3.63, 3.8) is 0 Å². The molecular weight excluding hydrogens is 264 g/mol. The summed E-state index contributed by atoms with van der Waals surface area (Å²) in [5.74, 6) is 0.684. The van der Waals surface area contributed by atoms with Crippen molar-refractivity contribution < 1.29 is 4.79 Å². The van der Waals surface area contributed by atoms with E-state index in [0.717, 1.165) is 39.3 Å². The van der Waals surface area contributed by atoms with Gasteiger partial charge in [0.1, 0.15) is 0 Å². The van der Waals surface area contributed by atoms with E-state index in [1.165, 1.54) is 25.9 Å². The Labute approximate surface area is 129 Å². The van der Waals surface area contributed by atoms with Gasteiger partial charge in [-0.25, -0.2) is 0 Å². The van der Waals surface area contributed by atoms with E-state index in [-0.39, 0.29) is 5.91 Å². The first-order chi connectivity index (χ1) is 10.00. The van der Waals surface area contributed by atoms with E-state index >= 15 is 0 Å². The van der Waals surface area contributed by atoms with Crippen molar-refractivity contribution in [3.05, 3.63) is 0 Å². The van der Waals surface area contributed by atoms with Crippen LogP contribution >= 0.6 is 0 Å². The Kier molecular flexibility index (Phi) is 6.02. The lowest BCUT2D eigenvalue weighted by atomic mass is 10.00. The molecule has 0 aromatic carbocycles. The third-order valence-electron chi connectivity index (χ3n) is 4.84. The molecule has 0 aromatic rings. The molecule has 5 nitrogen and oxygen atoms in total. The number of hydrogen-bond acceptors (Lipinski definition) is 4. The smallest absolute Gasteiger partial charge is 0.239 e. The topological polar surface area (TPSA) is 47.6 Å². The summed E-state index contributed by atoms with van der Waals surface area (Å²) >= 11 is 0. The predicted molar refractivity (Wildman–Crippen MR) is 86.4 cm³/mol. The van der Waals surface area contributed by atoms with Gasteiger partial charge in [-0.3, -0.25) is 9.69 Å². The quantitative estimate of drug-likeness (QED) is 0.750. The number of carbonyl (C=O) groups is 1. The summed E-state index contributed by atoms with van der Waals surface area (Å²) in [6, 6.07) is 0. The molecule has 2 N–H and O–H groups in total. The Morgan fingerprint density at radius 1 is 1.19 bits per heavy atom. The summed E-state index contributed by atoms with van der Waals surface area (Å²) in [7, 11) is 0. The first-order valence-electron chi connectivity index (χ1n) is 8.46. The standard InChI is InChI=1S/C16H32N4O/c1-14(13-19-8-4-5-9-19)12-18-15(21)16(2,3)20-10-6-17-7-11-20/h14,17H,4-13H2,1-3H3,(H,18,21). The van der Waals surface area contributed by atoms with Crippen LogP contribution in [0.1, 0.15) is 33.6 Å². The van der Waals surface area contributed by atoms with Crippen LogP contribution < -0.4 is 10.6 Å². The lowest BCUT2D eigenvalue weighted by molar-refractivity contribution is -0.132. The number of nitrogens with zero attached hydrogens (tertiary/aromatic N) is 2. The highest BCUT2D eigenvalue weighted by Gasteiger charge is 2.35. The highest BCUT2D eigenvalue weighted by atomic mass is 16.2. The molecule has 122 valence electrons. The second-order valence-corrected chi connectivity index (χ2v) is 7.12. The molecule has 0 aliphatic carbocycles. The number of hydrogen-bond donors (Lipinski definition) is 2. The van der Waals surface area contributed by atoms with E-state index in [1.807, 2.05) is 13.8 Å². The summed E-state index contributed by atoms with van der Waals surface area (Å²) in [4.78, 5) is 17.3. The van der Waals surface area contributed by atoms with Gasteiger partial charge in [0.25, 0.3) is 0 Å². The minimum atomic E-state index is -0.407. The minimum absolute atomic E-state index is 0.165. The van der Waals surface area contributed by atoms with Gasteiger partial charge in [0, 0.05) is 39.3 Å². The van der Waals surface area contributed by atoms with Crippen LogP contribution in [0.2, 0.25) is 0 Å². The number of carbonyl (C=O) groups excluding carboxylic acids is 1. The van der Waals surface area contributed by atoms with Crippen LogP contribution in [0.4, 0.5) is 0 Å². The molecule has 2 aliphatic rings. The van der Waals surface area contributed by atoms with Gasteiger partial charge in [0.05, 0.1) is 5.54 Å². The molecular formula is C16H32N4O. The van der Waals surface area contributed by atoms with Gasteiger partial charge in [-0.2, -0.15) is 0 Å². The normalized spacial score (nSPS) is 23.2. The number of amides is 1. The van der Waals surface area contributed by atoms with Crippen LogP contribution in [-0.2, 0) is 4.79 Å². The summed E-state index contributed by atoms with van der Waals surface area (Å²) in [5.41, 5.74) is -0.407. The highest BCUT2D eigenvalue weighted by molar-refractivity contribution is 5.85. The molecule has 0 saturated carbocycles. The molecule has 2 rings (SSSR count). The van der Waals surface area contributed by atoms with Gasteiger partial charge < -0.3 is 15.5 Å². The summed E-state index contributed by atoms with van der Waals surface area (Å²) in [5, 5.41) is 6.50. The summed E-state index contributed by atoms with van der Waals surface area (Å²) < 4.78 is 0. The number of nitrogens with one attached hydrogen (secondary N) is 2. The van der Waals surface area contributed by atoms with Gasteiger partial charge in [-0.1, -0.05) is 6.92 Å². The maximum atomic E-state index is 12.5. The van der Waals surface area contributed by atoms with Crippen LogP contribution in [0.15, 0.2) is 0 Å². The zero-order valence-electron chi connectivity index (χ0n) is 14.0. The van der Waals surface area contributed by atoms with E-state index in [0.29, 0.717) is 5.92 Å². The van der Waals surface area contributed by atoms with Crippen LogP contribution in [0.5, 0.6) is 0 Å². The SMILES string of the molecule is CC(CNC(=O)C(C)(C)N1CCNCC1)CN1CCCC1. The first kappa shape index (κ1) is 16.7. The Morgan fingerprint density at radius 3 is 2.43 bits per heavy atom. The second kappa shape index (κ2) is 7.56. The van der Waals surface area contributed by atoms with Gasteiger partial charge in [0.15, 0.2) is 0 Å². The van der Waals surface area contributed by atoms with Crippen molar-refractivity contribution in [1.29, 1.82) is 0 Å². The average Bonchev–Trinajstić information content (AvgIpc) is 2.98. The van der Waals surface area contributed by atoms with Crippen molar-refractivity contribution >= 4 is 5.91 Å². The first-order valence-corrected chi connectivity index (χ1v) is 8.46. The molecule has 1 amide bonds. The third-order valence-corrected chi connectivity index (χ3v) is 4.84. The van der Waals surface area contributed by atoms with E-state index in [4.69, 9.17) is 0 Å². The van der Waals surface area contributed by atoms with Crippen molar-refractivity contribution in [2.75, 3.05) is 52.4 Å². The molecule has 0 aromatic heterocycles. The number of likely N-dealkylation sites (tertiary alicyclic amines) is 1. The highest BCUT2D eigenvalue weighted by Crippen LogP contribution is 2.15. The predicted octanol–water partition coefficient (Wildman–Crippen LogP) is 0.518. The molecule has 0 radical (unpaired) electrons. The third kappa shape index (κ3) is 4.66. The summed E-state index contributed by atoms with van der Waals surface area (Å²) in [6.45, 7) is 14.5. The molecule has 2 fully saturated rings. The minimum Gasteiger partial charge on any atom is -0.354 e. The lowest BCUT2D eigenvalue weighted by Gasteiger charge is -2.40. The molecule has 21 heavy (non-hydrogen) atoms. The maximum absolute atomic E-state index is 12.5. The maximum Gasteiger partial charge on any atom is 0.239 e. The fourth-order valence-corrected chi connectivity index (χ4v) is 3.32. The van der Waals surface area contributed by atoms with Crippen molar-refractivity contribution in [3.8, 4) is 0 Å². The lowest BCUT2D eigenvalue weighted by Crippen LogP contribution is -2.60. The van der Waals surface area contributed by atoms with E-state index in [1.54, 1.807) is 0 Å². The van der Waals surface area contributed by atoms with Crippen LogP contribution in [0, 0.1) is 5.92 Å². The second-order valence-electron chi connectivity index (χ2n) is 7.12. The fourth-order valence-electron chi connectivity index (χ4n) is 3.32. The van der Waals surface area contributed by atoms with E-state index in [2.05, 4.69) is 27.4 Å². The van der Waals surface area contributed by atoms with E-state index in [9.17, 15) is 4.79 Å². The van der Waals surface area contributed by atoms with Gasteiger partial charge in [0.2, 0.25) is 5.91 Å². The monoisotopic (exact) mass is 296 g/mol. The average molecular weight is 296 g/mol. The Bertz CT molecular complexity index is 333. The largest absolute Gasteiger partial charge is 0.354 e. The van der Waals surface area contributed by atoms with Crippen molar-refractivity contribution in [1.82, 2.24) is 20.4 Å². The van der Waals surface area contributed by atoms with Crippen LogP contribution in [-0.4, -0.2) is 73.6 Å². The van der Waals surface area contributed by atoms with Crippen molar-refractivity contribution in [2.45, 2.75) is 39.2 Å². The molecule has 1 unspecified atom stereocenters. The molecule has 5 heteroatoms. The van der Waals surface area contributed by atoms with Crippen molar-refractivity contribution in [2.24, 2.45) is 5.92 Å². The molecule has 0 spiro atoms. The Hall–Kier alpha value is -0.650. The van der Waals surface area contributed by atoms with Crippen LogP contribution in [0.3, 0.4) is 0 Å². The Balaban J connectivity index is 1.74. The number of piperazine rings is 1. The molecule has 1 atom stereocenters. The van der Waals surface area contributed by atoms with Gasteiger partial charge >= 0.3 is 0 Å².